The molecule has 2 aromatic rings. The van der Waals surface area contributed by atoms with E-state index in [4.69, 9.17) is 0 Å². The van der Waals surface area contributed by atoms with Crippen molar-refractivity contribution in [2.75, 3.05) is 23.7 Å². The first-order chi connectivity index (χ1) is 16.3. The number of amides is 2. The number of rotatable bonds is 11. The van der Waals surface area contributed by atoms with Crippen molar-refractivity contribution >= 4 is 43.5 Å². The first-order valence-electron chi connectivity index (χ1n) is 11.7. The lowest BCUT2D eigenvalue weighted by Crippen LogP contribution is -2.52. The van der Waals surface area contributed by atoms with E-state index in [1.54, 1.807) is 18.2 Å². The van der Waals surface area contributed by atoms with Gasteiger partial charge in [0.25, 0.3) is 0 Å². The van der Waals surface area contributed by atoms with Gasteiger partial charge in [-0.25, -0.2) is 8.42 Å². The normalized spacial score (nSPS) is 12.3. The van der Waals surface area contributed by atoms with E-state index in [1.807, 2.05) is 58.9 Å². The van der Waals surface area contributed by atoms with Crippen molar-refractivity contribution in [2.45, 2.75) is 53.6 Å². The number of sulfonamides is 1. The standard InChI is InChI=1S/C26H36BrN3O4S/c1-7-24(26(32)28-15-18(2)3)29(16-21-10-8-9-19(4)13-21)25(31)17-30(35(6,33)34)22-11-12-23(27)20(5)14-22/h8-14,18,24H,7,15-17H2,1-6H3,(H,28,32)/t24-/m1/s1. The fraction of sp³-hybridized carbons (Fsp3) is 0.462. The zero-order valence-electron chi connectivity index (χ0n) is 21.3. The zero-order valence-corrected chi connectivity index (χ0v) is 23.7. The quantitative estimate of drug-likeness (QED) is 0.437. The average Bonchev–Trinajstić information content (AvgIpc) is 2.77. The SMILES string of the molecule is CC[C@H](C(=O)NCC(C)C)N(Cc1cccc(C)c1)C(=O)CN(c1ccc(Br)c(C)c1)S(C)(=O)=O. The minimum Gasteiger partial charge on any atom is -0.354 e. The Morgan fingerprint density at radius 2 is 1.77 bits per heavy atom. The first-order valence-corrected chi connectivity index (χ1v) is 14.3. The van der Waals surface area contributed by atoms with Gasteiger partial charge in [-0.1, -0.05) is 66.5 Å². The van der Waals surface area contributed by atoms with Gasteiger partial charge in [0.2, 0.25) is 21.8 Å². The van der Waals surface area contributed by atoms with Gasteiger partial charge in [-0.05, 0) is 55.5 Å². The van der Waals surface area contributed by atoms with Gasteiger partial charge in [0, 0.05) is 17.6 Å². The van der Waals surface area contributed by atoms with E-state index < -0.39 is 28.5 Å². The van der Waals surface area contributed by atoms with Crippen LogP contribution < -0.4 is 9.62 Å². The molecule has 0 aliphatic rings. The number of hydrogen-bond donors (Lipinski definition) is 1. The van der Waals surface area contributed by atoms with Crippen LogP contribution in [0.3, 0.4) is 0 Å². The number of carbonyl (C=O) groups excluding carboxylic acids is 2. The molecule has 2 aromatic carbocycles. The van der Waals surface area contributed by atoms with Gasteiger partial charge in [0.15, 0.2) is 0 Å². The van der Waals surface area contributed by atoms with Crippen LogP contribution in [0.15, 0.2) is 46.9 Å². The van der Waals surface area contributed by atoms with Crippen LogP contribution in [0.2, 0.25) is 0 Å². The summed E-state index contributed by atoms with van der Waals surface area (Å²) in [6, 6.07) is 12.1. The van der Waals surface area contributed by atoms with Crippen LogP contribution in [-0.4, -0.2) is 50.5 Å². The highest BCUT2D eigenvalue weighted by Gasteiger charge is 2.31. The van der Waals surface area contributed by atoms with Crippen LogP contribution in [0.25, 0.3) is 0 Å². The van der Waals surface area contributed by atoms with Crippen LogP contribution in [0.1, 0.15) is 43.9 Å². The fourth-order valence-electron chi connectivity index (χ4n) is 3.75. The Bertz CT molecular complexity index is 1150. The third kappa shape index (κ3) is 8.35. The number of benzene rings is 2. The molecule has 1 atom stereocenters. The van der Waals surface area contributed by atoms with E-state index in [9.17, 15) is 18.0 Å². The Labute approximate surface area is 218 Å². The van der Waals surface area contributed by atoms with Crippen molar-refractivity contribution in [3.05, 3.63) is 63.6 Å². The summed E-state index contributed by atoms with van der Waals surface area (Å²) in [5, 5.41) is 2.92. The summed E-state index contributed by atoms with van der Waals surface area (Å²) in [7, 11) is -3.76. The summed E-state index contributed by atoms with van der Waals surface area (Å²) in [5.74, 6) is -0.421. The Balaban J connectivity index is 2.44. The van der Waals surface area contributed by atoms with Crippen LogP contribution in [0.5, 0.6) is 0 Å². The molecule has 35 heavy (non-hydrogen) atoms. The number of halogens is 1. The topological polar surface area (TPSA) is 86.8 Å². The van der Waals surface area contributed by atoms with E-state index >= 15 is 0 Å². The second-order valence-electron chi connectivity index (χ2n) is 9.28. The van der Waals surface area contributed by atoms with Gasteiger partial charge in [0.05, 0.1) is 11.9 Å². The molecule has 0 fully saturated rings. The van der Waals surface area contributed by atoms with Crippen molar-refractivity contribution in [1.29, 1.82) is 0 Å². The van der Waals surface area contributed by atoms with E-state index in [2.05, 4.69) is 21.2 Å². The summed E-state index contributed by atoms with van der Waals surface area (Å²) in [6.07, 6.45) is 1.48. The predicted octanol–water partition coefficient (Wildman–Crippen LogP) is 4.41. The van der Waals surface area contributed by atoms with Gasteiger partial charge in [-0.15, -0.1) is 0 Å². The highest BCUT2D eigenvalue weighted by Crippen LogP contribution is 2.25. The third-order valence-corrected chi connectivity index (χ3v) is 7.64. The van der Waals surface area contributed by atoms with Crippen LogP contribution in [0.4, 0.5) is 5.69 Å². The van der Waals surface area contributed by atoms with Gasteiger partial charge in [0.1, 0.15) is 12.6 Å². The maximum Gasteiger partial charge on any atom is 0.244 e. The molecule has 0 saturated carbocycles. The lowest BCUT2D eigenvalue weighted by Gasteiger charge is -2.33. The van der Waals surface area contributed by atoms with Gasteiger partial charge < -0.3 is 10.2 Å². The van der Waals surface area contributed by atoms with Crippen LogP contribution in [-0.2, 0) is 26.2 Å². The molecule has 2 amide bonds. The molecule has 2 rings (SSSR count). The van der Waals surface area contributed by atoms with Crippen LogP contribution in [0, 0.1) is 19.8 Å². The number of hydrogen-bond acceptors (Lipinski definition) is 4. The summed E-state index contributed by atoms with van der Waals surface area (Å²) >= 11 is 3.43. The molecule has 7 nitrogen and oxygen atoms in total. The van der Waals surface area contributed by atoms with Crippen molar-refractivity contribution in [2.24, 2.45) is 5.92 Å². The predicted molar refractivity (Wildman–Crippen MR) is 145 cm³/mol. The van der Waals surface area contributed by atoms with Gasteiger partial charge in [-0.2, -0.15) is 0 Å². The zero-order chi connectivity index (χ0) is 26.3. The molecule has 1 N–H and O–H groups in total. The largest absolute Gasteiger partial charge is 0.354 e. The summed E-state index contributed by atoms with van der Waals surface area (Å²) in [4.78, 5) is 28.3. The second-order valence-corrected chi connectivity index (χ2v) is 12.0. The molecule has 0 bridgehead atoms. The molecule has 0 unspecified atom stereocenters. The highest BCUT2D eigenvalue weighted by atomic mass is 79.9. The van der Waals surface area contributed by atoms with Crippen molar-refractivity contribution in [1.82, 2.24) is 10.2 Å². The number of carbonyl (C=O) groups is 2. The summed E-state index contributed by atoms with van der Waals surface area (Å²) in [6.45, 7) is 9.96. The molecule has 0 saturated heterocycles. The van der Waals surface area contributed by atoms with E-state index in [-0.39, 0.29) is 18.4 Å². The third-order valence-electron chi connectivity index (χ3n) is 5.61. The van der Waals surface area contributed by atoms with Crippen molar-refractivity contribution < 1.29 is 18.0 Å². The smallest absolute Gasteiger partial charge is 0.244 e. The molecule has 0 aromatic heterocycles. The lowest BCUT2D eigenvalue weighted by atomic mass is 10.1. The van der Waals surface area contributed by atoms with Gasteiger partial charge >= 0.3 is 0 Å². The molecule has 0 spiro atoms. The minimum absolute atomic E-state index is 0.199. The Morgan fingerprint density at radius 1 is 1.09 bits per heavy atom. The molecule has 0 aliphatic heterocycles. The molecular formula is C26H36BrN3O4S. The number of nitrogens with one attached hydrogen (secondary N) is 1. The maximum absolute atomic E-state index is 13.7. The van der Waals surface area contributed by atoms with E-state index in [1.165, 1.54) is 4.90 Å². The van der Waals surface area contributed by atoms with Crippen LogP contribution >= 0.6 is 15.9 Å². The van der Waals surface area contributed by atoms with Crippen molar-refractivity contribution in [3.63, 3.8) is 0 Å². The molecule has 9 heteroatoms. The minimum atomic E-state index is -3.76. The molecule has 192 valence electrons. The summed E-state index contributed by atoms with van der Waals surface area (Å²) in [5.41, 5.74) is 3.16. The molecule has 0 heterocycles. The number of nitrogens with zero attached hydrogens (tertiary/aromatic N) is 2. The second kappa shape index (κ2) is 12.5. The first kappa shape index (κ1) is 28.8. The van der Waals surface area contributed by atoms with E-state index in [0.29, 0.717) is 18.7 Å². The average molecular weight is 567 g/mol. The monoisotopic (exact) mass is 565 g/mol. The highest BCUT2D eigenvalue weighted by molar-refractivity contribution is 9.10. The fourth-order valence-corrected chi connectivity index (χ4v) is 4.84. The number of aryl methyl sites for hydroxylation is 2. The maximum atomic E-state index is 13.7. The molecular weight excluding hydrogens is 530 g/mol. The Kier molecular flexibility index (Phi) is 10.3. The van der Waals surface area contributed by atoms with E-state index in [0.717, 1.165) is 31.7 Å². The molecule has 0 radical (unpaired) electrons. The van der Waals surface area contributed by atoms with Gasteiger partial charge in [-0.3, -0.25) is 13.9 Å². The Hall–Kier alpha value is -2.39. The Morgan fingerprint density at radius 3 is 2.31 bits per heavy atom. The van der Waals surface area contributed by atoms with Crippen molar-refractivity contribution in [3.8, 4) is 0 Å². The molecule has 0 aliphatic carbocycles. The number of anilines is 1. The summed E-state index contributed by atoms with van der Waals surface area (Å²) < 4.78 is 27.3. The lowest BCUT2D eigenvalue weighted by molar-refractivity contribution is -0.140.